The van der Waals surface area contributed by atoms with Crippen LogP contribution in [0.15, 0.2) is 47.6 Å². The molecule has 0 atom stereocenters. The zero-order valence-electron chi connectivity index (χ0n) is 10.8. The van der Waals surface area contributed by atoms with Gasteiger partial charge in [0.1, 0.15) is 5.70 Å². The van der Waals surface area contributed by atoms with E-state index in [1.54, 1.807) is 18.5 Å². The molecule has 0 radical (unpaired) electrons. The number of rotatable bonds is 5. The van der Waals surface area contributed by atoms with Gasteiger partial charge in [-0.3, -0.25) is 14.9 Å². The van der Waals surface area contributed by atoms with E-state index in [9.17, 15) is 9.59 Å². The third-order valence-electron chi connectivity index (χ3n) is 2.66. The molecule has 2 rings (SSSR count). The van der Waals surface area contributed by atoms with Crippen LogP contribution in [-0.2, 0) is 9.59 Å². The van der Waals surface area contributed by atoms with Crippen molar-refractivity contribution in [1.29, 1.82) is 0 Å². The van der Waals surface area contributed by atoms with Gasteiger partial charge in [-0.05, 0) is 18.1 Å². The fourth-order valence-electron chi connectivity index (χ4n) is 1.68. The van der Waals surface area contributed by atoms with Crippen molar-refractivity contribution in [3.8, 4) is 0 Å². The molecule has 0 unspecified atom stereocenters. The Labute approximate surface area is 120 Å². The third-order valence-corrected chi connectivity index (χ3v) is 3.35. The average molecular weight is 287 g/mol. The maximum atomic E-state index is 12.2. The predicted octanol–water partition coefficient (Wildman–Crippen LogP) is 2.26. The van der Waals surface area contributed by atoms with Crippen LogP contribution in [0.4, 0.5) is 5.13 Å². The van der Waals surface area contributed by atoms with Crippen LogP contribution in [0.3, 0.4) is 0 Å². The van der Waals surface area contributed by atoms with Crippen molar-refractivity contribution >= 4 is 34.4 Å². The van der Waals surface area contributed by atoms with E-state index >= 15 is 0 Å². The number of hydrogen-bond acceptors (Lipinski definition) is 4. The van der Waals surface area contributed by atoms with E-state index in [1.165, 1.54) is 11.3 Å². The molecule has 0 aliphatic heterocycles. The molecular weight excluding hydrogens is 274 g/mol. The van der Waals surface area contributed by atoms with Crippen LogP contribution in [0.25, 0.3) is 5.57 Å². The molecule has 1 heterocycles. The Hall–Kier alpha value is -2.47. The smallest absolute Gasteiger partial charge is 0.274 e. The molecule has 0 fully saturated rings. The summed E-state index contributed by atoms with van der Waals surface area (Å²) in [7, 11) is 0. The average Bonchev–Trinajstić information content (AvgIpc) is 2.97. The van der Waals surface area contributed by atoms with Crippen LogP contribution in [0, 0.1) is 0 Å². The van der Waals surface area contributed by atoms with E-state index in [0.717, 1.165) is 5.56 Å². The van der Waals surface area contributed by atoms with E-state index in [0.29, 0.717) is 17.1 Å². The van der Waals surface area contributed by atoms with Crippen LogP contribution >= 0.6 is 11.3 Å². The summed E-state index contributed by atoms with van der Waals surface area (Å²) in [4.78, 5) is 26.9. The topological polar surface area (TPSA) is 71.1 Å². The van der Waals surface area contributed by atoms with Gasteiger partial charge in [0.25, 0.3) is 5.91 Å². The number of nitrogens with zero attached hydrogens (tertiary/aromatic N) is 1. The lowest BCUT2D eigenvalue weighted by molar-refractivity contribution is -0.115. The Kier molecular flexibility index (Phi) is 4.62. The molecule has 102 valence electrons. The lowest BCUT2D eigenvalue weighted by atomic mass is 10.1. The first kappa shape index (κ1) is 14.0. The Morgan fingerprint density at radius 1 is 1.30 bits per heavy atom. The number of hydrogen-bond donors (Lipinski definition) is 2. The predicted molar refractivity (Wildman–Crippen MR) is 79.0 cm³/mol. The maximum absolute atomic E-state index is 12.2. The highest BCUT2D eigenvalue weighted by Crippen LogP contribution is 2.18. The Bertz CT molecular complexity index is 621. The van der Waals surface area contributed by atoms with Crippen molar-refractivity contribution < 1.29 is 9.59 Å². The van der Waals surface area contributed by atoms with Gasteiger partial charge in [0, 0.05) is 11.6 Å². The first-order chi connectivity index (χ1) is 9.72. The van der Waals surface area contributed by atoms with Crippen LogP contribution in [0.2, 0.25) is 0 Å². The second kappa shape index (κ2) is 6.63. The SMILES string of the molecule is CC(=C(NC=O)C(=O)Nc1nccs1)c1ccccc1. The summed E-state index contributed by atoms with van der Waals surface area (Å²) in [6.45, 7) is 1.78. The van der Waals surface area contributed by atoms with Crippen LogP contribution in [0.5, 0.6) is 0 Å². The van der Waals surface area contributed by atoms with Crippen molar-refractivity contribution in [2.45, 2.75) is 6.92 Å². The molecular formula is C14H13N3O2S. The monoisotopic (exact) mass is 287 g/mol. The minimum Gasteiger partial charge on any atom is -0.324 e. The number of aromatic nitrogens is 1. The summed E-state index contributed by atoms with van der Waals surface area (Å²) in [5, 5.41) is 7.35. The maximum Gasteiger partial charge on any atom is 0.274 e. The van der Waals surface area contributed by atoms with Gasteiger partial charge in [0.15, 0.2) is 5.13 Å². The molecule has 2 N–H and O–H groups in total. The van der Waals surface area contributed by atoms with Gasteiger partial charge < -0.3 is 5.32 Å². The summed E-state index contributed by atoms with van der Waals surface area (Å²) >= 11 is 1.31. The lowest BCUT2D eigenvalue weighted by Crippen LogP contribution is -2.26. The highest BCUT2D eigenvalue weighted by Gasteiger charge is 2.14. The molecule has 2 amide bonds. The minimum absolute atomic E-state index is 0.210. The molecule has 0 aliphatic rings. The molecule has 5 nitrogen and oxygen atoms in total. The van der Waals surface area contributed by atoms with Gasteiger partial charge in [-0.2, -0.15) is 0 Å². The second-order valence-corrected chi connectivity index (χ2v) is 4.81. The number of anilines is 1. The van der Waals surface area contributed by atoms with Crippen molar-refractivity contribution in [1.82, 2.24) is 10.3 Å². The van der Waals surface area contributed by atoms with Crippen molar-refractivity contribution in [3.63, 3.8) is 0 Å². The second-order valence-electron chi connectivity index (χ2n) is 3.92. The summed E-state index contributed by atoms with van der Waals surface area (Å²) in [6.07, 6.45) is 2.09. The standard InChI is InChI=1S/C14H13N3O2S/c1-10(11-5-3-2-4-6-11)12(16-9-18)13(19)17-14-15-7-8-20-14/h2-9H,1H3,(H,16,18)(H,15,17,19). The largest absolute Gasteiger partial charge is 0.324 e. The molecule has 6 heteroatoms. The van der Waals surface area contributed by atoms with Gasteiger partial charge in [0.2, 0.25) is 6.41 Å². The molecule has 1 aromatic heterocycles. The van der Waals surface area contributed by atoms with Crippen LogP contribution < -0.4 is 10.6 Å². The first-order valence-electron chi connectivity index (χ1n) is 5.89. The number of thiazole rings is 1. The van der Waals surface area contributed by atoms with Crippen LogP contribution in [-0.4, -0.2) is 17.3 Å². The van der Waals surface area contributed by atoms with Gasteiger partial charge in [-0.15, -0.1) is 11.3 Å². The Morgan fingerprint density at radius 3 is 2.65 bits per heavy atom. The Morgan fingerprint density at radius 2 is 2.05 bits per heavy atom. The molecule has 2 aromatic rings. The molecule has 0 saturated heterocycles. The highest BCUT2D eigenvalue weighted by molar-refractivity contribution is 7.13. The van der Waals surface area contributed by atoms with E-state index in [2.05, 4.69) is 15.6 Å². The number of nitrogens with one attached hydrogen (secondary N) is 2. The first-order valence-corrected chi connectivity index (χ1v) is 6.77. The number of benzene rings is 1. The zero-order chi connectivity index (χ0) is 14.4. The fraction of sp³-hybridized carbons (Fsp3) is 0.0714. The van der Waals surface area contributed by atoms with Gasteiger partial charge >= 0.3 is 0 Å². The van der Waals surface area contributed by atoms with Gasteiger partial charge in [-0.1, -0.05) is 30.3 Å². The van der Waals surface area contributed by atoms with Crippen molar-refractivity contribution in [2.75, 3.05) is 5.32 Å². The number of carbonyl (C=O) groups is 2. The fourth-order valence-corrected chi connectivity index (χ4v) is 2.20. The third kappa shape index (κ3) is 3.30. The number of carbonyl (C=O) groups excluding carboxylic acids is 2. The number of allylic oxidation sites excluding steroid dienone is 1. The van der Waals surface area contributed by atoms with Crippen LogP contribution in [0.1, 0.15) is 12.5 Å². The van der Waals surface area contributed by atoms with Crippen molar-refractivity contribution in [3.05, 3.63) is 53.2 Å². The molecule has 0 bridgehead atoms. The summed E-state index contributed by atoms with van der Waals surface area (Å²) in [5.74, 6) is -0.395. The molecule has 1 aromatic carbocycles. The van der Waals surface area contributed by atoms with E-state index < -0.39 is 5.91 Å². The molecule has 20 heavy (non-hydrogen) atoms. The van der Waals surface area contributed by atoms with E-state index in [4.69, 9.17) is 0 Å². The van der Waals surface area contributed by atoms with E-state index in [1.807, 2.05) is 30.3 Å². The molecule has 0 aliphatic carbocycles. The van der Waals surface area contributed by atoms with Crippen molar-refractivity contribution in [2.24, 2.45) is 0 Å². The number of amides is 2. The highest BCUT2D eigenvalue weighted by atomic mass is 32.1. The zero-order valence-corrected chi connectivity index (χ0v) is 11.6. The van der Waals surface area contributed by atoms with Gasteiger partial charge in [-0.25, -0.2) is 4.98 Å². The summed E-state index contributed by atoms with van der Waals surface area (Å²) in [5.41, 5.74) is 1.76. The molecule has 0 spiro atoms. The normalized spacial score (nSPS) is 11.4. The Balaban J connectivity index is 2.30. The van der Waals surface area contributed by atoms with E-state index in [-0.39, 0.29) is 5.70 Å². The minimum atomic E-state index is -0.395. The molecule has 0 saturated carbocycles. The lowest BCUT2D eigenvalue weighted by Gasteiger charge is -2.10. The van der Waals surface area contributed by atoms with Gasteiger partial charge in [0.05, 0.1) is 0 Å². The summed E-state index contributed by atoms with van der Waals surface area (Å²) in [6, 6.07) is 9.38. The quantitative estimate of drug-likeness (QED) is 0.654. The summed E-state index contributed by atoms with van der Waals surface area (Å²) < 4.78 is 0.